The van der Waals surface area contributed by atoms with E-state index in [2.05, 4.69) is 5.32 Å². The van der Waals surface area contributed by atoms with Crippen molar-refractivity contribution in [1.29, 1.82) is 0 Å². The molecule has 2 atom stereocenters. The Kier molecular flexibility index (Phi) is 3.78. The van der Waals surface area contributed by atoms with E-state index in [1.54, 1.807) is 0 Å². The predicted octanol–water partition coefficient (Wildman–Crippen LogP) is 1.66. The molecule has 0 aliphatic heterocycles. The van der Waals surface area contributed by atoms with Crippen molar-refractivity contribution in [2.75, 3.05) is 0 Å². The molecule has 1 fully saturated rings. The molecule has 1 aliphatic carbocycles. The van der Waals surface area contributed by atoms with Crippen molar-refractivity contribution in [1.82, 2.24) is 5.32 Å². The molecule has 17 heavy (non-hydrogen) atoms. The smallest absolute Gasteiger partial charge is 0.308 e. The van der Waals surface area contributed by atoms with Crippen LogP contribution in [0.15, 0.2) is 17.5 Å². The molecular formula is C12H15NO3S. The van der Waals surface area contributed by atoms with Crippen LogP contribution in [-0.4, -0.2) is 23.0 Å². The number of carboxylic acid groups (broad SMARTS) is 1. The number of carbonyl (C=O) groups is 2. The summed E-state index contributed by atoms with van der Waals surface area (Å²) in [5, 5.41) is 13.8. The predicted molar refractivity (Wildman–Crippen MR) is 64.9 cm³/mol. The SMILES string of the molecule is O=C(Cc1cccs1)NC1CCCC1C(=O)O. The third-order valence-corrected chi connectivity index (χ3v) is 3.97. The van der Waals surface area contributed by atoms with Crippen molar-refractivity contribution >= 4 is 23.2 Å². The lowest BCUT2D eigenvalue weighted by atomic mass is 10.0. The van der Waals surface area contributed by atoms with Crippen LogP contribution in [0, 0.1) is 5.92 Å². The van der Waals surface area contributed by atoms with Gasteiger partial charge in [-0.2, -0.15) is 0 Å². The summed E-state index contributed by atoms with van der Waals surface area (Å²) in [7, 11) is 0. The van der Waals surface area contributed by atoms with Crippen LogP contribution in [0.4, 0.5) is 0 Å². The fourth-order valence-electron chi connectivity index (χ4n) is 2.26. The molecule has 2 N–H and O–H groups in total. The van der Waals surface area contributed by atoms with Crippen molar-refractivity contribution < 1.29 is 14.7 Å². The molecule has 5 heteroatoms. The first kappa shape index (κ1) is 12.1. The first-order valence-corrected chi connectivity index (χ1v) is 6.59. The summed E-state index contributed by atoms with van der Waals surface area (Å²) in [6.07, 6.45) is 2.66. The number of aliphatic carboxylic acids is 1. The van der Waals surface area contributed by atoms with Gasteiger partial charge in [-0.3, -0.25) is 9.59 Å². The molecule has 1 saturated carbocycles. The lowest BCUT2D eigenvalue weighted by Crippen LogP contribution is -2.40. The minimum Gasteiger partial charge on any atom is -0.481 e. The zero-order chi connectivity index (χ0) is 12.3. The third-order valence-electron chi connectivity index (χ3n) is 3.09. The molecule has 0 saturated heterocycles. The van der Waals surface area contributed by atoms with Crippen molar-refractivity contribution in [3.05, 3.63) is 22.4 Å². The second-order valence-corrected chi connectivity index (χ2v) is 5.34. The normalized spacial score (nSPS) is 23.5. The van der Waals surface area contributed by atoms with Crippen molar-refractivity contribution in [3.63, 3.8) is 0 Å². The zero-order valence-electron chi connectivity index (χ0n) is 9.39. The van der Waals surface area contributed by atoms with Gasteiger partial charge in [-0.05, 0) is 24.3 Å². The summed E-state index contributed by atoms with van der Waals surface area (Å²) in [6, 6.07) is 3.62. The van der Waals surface area contributed by atoms with Gasteiger partial charge >= 0.3 is 5.97 Å². The van der Waals surface area contributed by atoms with E-state index in [9.17, 15) is 9.59 Å². The maximum atomic E-state index is 11.7. The standard InChI is InChI=1S/C12H15NO3S/c14-11(7-8-3-2-6-17-8)13-10-5-1-4-9(10)12(15)16/h2-3,6,9-10H,1,4-5,7H2,(H,13,14)(H,15,16). The molecular weight excluding hydrogens is 238 g/mol. The fourth-order valence-corrected chi connectivity index (χ4v) is 2.96. The van der Waals surface area contributed by atoms with Gasteiger partial charge in [0.05, 0.1) is 12.3 Å². The molecule has 2 unspecified atom stereocenters. The quantitative estimate of drug-likeness (QED) is 0.857. The van der Waals surface area contributed by atoms with Gasteiger partial charge in [-0.25, -0.2) is 0 Å². The second-order valence-electron chi connectivity index (χ2n) is 4.31. The lowest BCUT2D eigenvalue weighted by Gasteiger charge is -2.17. The Labute approximate surface area is 104 Å². The van der Waals surface area contributed by atoms with E-state index >= 15 is 0 Å². The van der Waals surface area contributed by atoms with Gasteiger partial charge in [0, 0.05) is 10.9 Å². The Bertz CT molecular complexity index is 402. The zero-order valence-corrected chi connectivity index (χ0v) is 10.2. The van der Waals surface area contributed by atoms with Gasteiger partial charge in [0.1, 0.15) is 0 Å². The summed E-state index contributed by atoms with van der Waals surface area (Å²) in [4.78, 5) is 23.7. The Morgan fingerprint density at radius 2 is 2.29 bits per heavy atom. The van der Waals surface area contributed by atoms with Crippen LogP contribution in [0.3, 0.4) is 0 Å². The van der Waals surface area contributed by atoms with E-state index in [0.717, 1.165) is 17.7 Å². The number of carbonyl (C=O) groups excluding carboxylic acids is 1. The molecule has 1 aromatic rings. The maximum Gasteiger partial charge on any atom is 0.308 e. The van der Waals surface area contributed by atoms with Crippen LogP contribution in [0.2, 0.25) is 0 Å². The van der Waals surface area contributed by atoms with E-state index < -0.39 is 11.9 Å². The summed E-state index contributed by atoms with van der Waals surface area (Å²) in [5.74, 6) is -1.29. The van der Waals surface area contributed by atoms with E-state index in [4.69, 9.17) is 5.11 Å². The summed E-state index contributed by atoms with van der Waals surface area (Å²) in [5.41, 5.74) is 0. The first-order valence-electron chi connectivity index (χ1n) is 5.71. The molecule has 0 spiro atoms. The van der Waals surface area contributed by atoms with Gasteiger partial charge in [0.25, 0.3) is 0 Å². The van der Waals surface area contributed by atoms with E-state index in [0.29, 0.717) is 12.8 Å². The second kappa shape index (κ2) is 5.31. The molecule has 4 nitrogen and oxygen atoms in total. The van der Waals surface area contributed by atoms with E-state index in [1.165, 1.54) is 11.3 Å². The number of carboxylic acids is 1. The molecule has 1 aliphatic rings. The molecule has 1 amide bonds. The van der Waals surface area contributed by atoms with Crippen LogP contribution in [-0.2, 0) is 16.0 Å². The molecule has 2 rings (SSSR count). The lowest BCUT2D eigenvalue weighted by molar-refractivity contribution is -0.142. The molecule has 0 bridgehead atoms. The number of hydrogen-bond donors (Lipinski definition) is 2. The highest BCUT2D eigenvalue weighted by atomic mass is 32.1. The molecule has 0 aromatic carbocycles. The van der Waals surface area contributed by atoms with Crippen LogP contribution < -0.4 is 5.32 Å². The summed E-state index contributed by atoms with van der Waals surface area (Å²) >= 11 is 1.54. The highest BCUT2D eigenvalue weighted by molar-refractivity contribution is 7.10. The average molecular weight is 253 g/mol. The average Bonchev–Trinajstić information content (AvgIpc) is 2.88. The topological polar surface area (TPSA) is 66.4 Å². The Hall–Kier alpha value is -1.36. The fraction of sp³-hybridized carbons (Fsp3) is 0.500. The summed E-state index contributed by atoms with van der Waals surface area (Å²) in [6.45, 7) is 0. The molecule has 1 aromatic heterocycles. The van der Waals surface area contributed by atoms with Crippen molar-refractivity contribution in [3.8, 4) is 0 Å². The molecule has 0 radical (unpaired) electrons. The minimum atomic E-state index is -0.802. The largest absolute Gasteiger partial charge is 0.481 e. The van der Waals surface area contributed by atoms with Gasteiger partial charge in [-0.1, -0.05) is 12.5 Å². The first-order chi connectivity index (χ1) is 8.16. The van der Waals surface area contributed by atoms with Crippen LogP contribution in [0.25, 0.3) is 0 Å². The molecule has 92 valence electrons. The van der Waals surface area contributed by atoms with Crippen LogP contribution in [0.1, 0.15) is 24.1 Å². The number of thiophene rings is 1. The van der Waals surface area contributed by atoms with Gasteiger partial charge in [-0.15, -0.1) is 11.3 Å². The number of rotatable bonds is 4. The number of hydrogen-bond acceptors (Lipinski definition) is 3. The number of amides is 1. The van der Waals surface area contributed by atoms with Crippen molar-refractivity contribution in [2.24, 2.45) is 5.92 Å². The summed E-state index contributed by atoms with van der Waals surface area (Å²) < 4.78 is 0. The van der Waals surface area contributed by atoms with Gasteiger partial charge in [0.2, 0.25) is 5.91 Å². The maximum absolute atomic E-state index is 11.7. The van der Waals surface area contributed by atoms with Crippen LogP contribution in [0.5, 0.6) is 0 Å². The Morgan fingerprint density at radius 3 is 2.94 bits per heavy atom. The highest BCUT2D eigenvalue weighted by Crippen LogP contribution is 2.25. The highest BCUT2D eigenvalue weighted by Gasteiger charge is 2.33. The van der Waals surface area contributed by atoms with Crippen molar-refractivity contribution in [2.45, 2.75) is 31.7 Å². The van der Waals surface area contributed by atoms with Gasteiger partial charge in [0.15, 0.2) is 0 Å². The Balaban J connectivity index is 1.88. The molecule has 1 heterocycles. The monoisotopic (exact) mass is 253 g/mol. The van der Waals surface area contributed by atoms with Crippen LogP contribution >= 0.6 is 11.3 Å². The number of nitrogens with one attached hydrogen (secondary N) is 1. The minimum absolute atomic E-state index is 0.0781. The van der Waals surface area contributed by atoms with E-state index in [-0.39, 0.29) is 11.9 Å². The Morgan fingerprint density at radius 1 is 1.47 bits per heavy atom. The van der Waals surface area contributed by atoms with Gasteiger partial charge < -0.3 is 10.4 Å². The van der Waals surface area contributed by atoms with E-state index in [1.807, 2.05) is 17.5 Å². The third kappa shape index (κ3) is 3.06.